The molecule has 1 aromatic carbocycles. The number of halogens is 3. The smallest absolute Gasteiger partial charge is 0.369 e. The van der Waals surface area contributed by atoms with Crippen molar-refractivity contribution in [1.82, 2.24) is 10.2 Å². The van der Waals surface area contributed by atoms with Crippen molar-refractivity contribution in [2.75, 3.05) is 44.2 Å². The van der Waals surface area contributed by atoms with Crippen LogP contribution in [0.2, 0.25) is 0 Å². The number of hydrogen-bond acceptors (Lipinski definition) is 3. The van der Waals surface area contributed by atoms with Crippen LogP contribution in [0.1, 0.15) is 25.3 Å². The lowest BCUT2D eigenvalue weighted by Crippen LogP contribution is -2.49. The second-order valence-corrected chi connectivity index (χ2v) is 6.01. The summed E-state index contributed by atoms with van der Waals surface area (Å²) in [6.45, 7) is 5.67. The summed E-state index contributed by atoms with van der Waals surface area (Å²) in [5.74, 6) is 0.0102. The number of benzene rings is 1. The number of anilines is 1. The highest BCUT2D eigenvalue weighted by Crippen LogP contribution is 2.31. The lowest BCUT2D eigenvalue weighted by atomic mass is 10.1. The molecule has 4 nitrogen and oxygen atoms in total. The number of alkyl halides is 3. The fourth-order valence-corrected chi connectivity index (χ4v) is 2.71. The Bertz CT molecular complexity index is 540. The number of amides is 1. The summed E-state index contributed by atoms with van der Waals surface area (Å²) >= 11 is 0. The number of piperazine rings is 1. The van der Waals surface area contributed by atoms with Crippen molar-refractivity contribution in [3.63, 3.8) is 0 Å². The van der Waals surface area contributed by atoms with E-state index in [2.05, 4.69) is 12.2 Å². The standard InChI is InChI=1S/C17H24F3N3O/c1-2-3-7-21-16(24)13-22-8-10-23(11-9-22)15-6-4-5-14(12-15)17(18,19)20/h4-6,12H,2-3,7-11,13H2,1H3,(H,21,24). The van der Waals surface area contributed by atoms with E-state index in [9.17, 15) is 18.0 Å². The number of hydrogen-bond donors (Lipinski definition) is 1. The zero-order valence-electron chi connectivity index (χ0n) is 13.9. The monoisotopic (exact) mass is 343 g/mol. The van der Waals surface area contributed by atoms with Gasteiger partial charge in [-0.25, -0.2) is 0 Å². The number of carbonyl (C=O) groups excluding carboxylic acids is 1. The number of unbranched alkanes of at least 4 members (excludes halogenated alkanes) is 1. The number of carbonyl (C=O) groups is 1. The minimum atomic E-state index is -4.32. The SMILES string of the molecule is CCCCNC(=O)CN1CCN(c2cccc(C(F)(F)F)c2)CC1. The van der Waals surface area contributed by atoms with E-state index in [0.717, 1.165) is 18.9 Å². The second kappa shape index (κ2) is 8.37. The highest BCUT2D eigenvalue weighted by Gasteiger charge is 2.31. The topological polar surface area (TPSA) is 35.6 Å². The van der Waals surface area contributed by atoms with E-state index in [0.29, 0.717) is 45.0 Å². The fourth-order valence-electron chi connectivity index (χ4n) is 2.71. The molecule has 1 aromatic rings. The van der Waals surface area contributed by atoms with Crippen LogP contribution in [0.25, 0.3) is 0 Å². The summed E-state index contributed by atoms with van der Waals surface area (Å²) in [5, 5.41) is 2.88. The molecule has 0 unspecified atom stereocenters. The van der Waals surface area contributed by atoms with Gasteiger partial charge in [-0.15, -0.1) is 0 Å². The van der Waals surface area contributed by atoms with Gasteiger partial charge in [0.15, 0.2) is 0 Å². The van der Waals surface area contributed by atoms with Crippen LogP contribution in [0, 0.1) is 0 Å². The van der Waals surface area contributed by atoms with E-state index >= 15 is 0 Å². The molecule has 1 aliphatic rings. The first kappa shape index (κ1) is 18.6. The van der Waals surface area contributed by atoms with E-state index in [1.807, 2.05) is 9.80 Å². The molecule has 7 heteroatoms. The zero-order chi connectivity index (χ0) is 17.6. The van der Waals surface area contributed by atoms with Crippen molar-refractivity contribution < 1.29 is 18.0 Å². The van der Waals surface area contributed by atoms with Crippen molar-refractivity contribution in [3.8, 4) is 0 Å². The summed E-state index contributed by atoms with van der Waals surface area (Å²) in [6.07, 6.45) is -2.32. The van der Waals surface area contributed by atoms with Crippen LogP contribution in [-0.2, 0) is 11.0 Å². The summed E-state index contributed by atoms with van der Waals surface area (Å²) in [5.41, 5.74) is -0.0467. The number of rotatable bonds is 6. The summed E-state index contributed by atoms with van der Waals surface area (Å²) < 4.78 is 38.4. The zero-order valence-corrected chi connectivity index (χ0v) is 13.9. The molecule has 134 valence electrons. The molecule has 1 heterocycles. The van der Waals surface area contributed by atoms with Crippen LogP contribution in [-0.4, -0.2) is 50.1 Å². The minimum Gasteiger partial charge on any atom is -0.369 e. The van der Waals surface area contributed by atoms with Crippen LogP contribution in [0.4, 0.5) is 18.9 Å². The van der Waals surface area contributed by atoms with Crippen molar-refractivity contribution in [2.24, 2.45) is 0 Å². The molecule has 1 N–H and O–H groups in total. The van der Waals surface area contributed by atoms with Crippen molar-refractivity contribution >= 4 is 11.6 Å². The lowest BCUT2D eigenvalue weighted by molar-refractivity contribution is -0.137. The van der Waals surface area contributed by atoms with Crippen LogP contribution >= 0.6 is 0 Å². The molecule has 1 fully saturated rings. The first-order chi connectivity index (χ1) is 11.4. The summed E-state index contributed by atoms with van der Waals surface area (Å²) in [4.78, 5) is 15.8. The van der Waals surface area contributed by atoms with Gasteiger partial charge in [0.05, 0.1) is 12.1 Å². The van der Waals surface area contributed by atoms with Gasteiger partial charge in [-0.2, -0.15) is 13.2 Å². The van der Waals surface area contributed by atoms with Gasteiger partial charge in [0.25, 0.3) is 0 Å². The van der Waals surface area contributed by atoms with Crippen molar-refractivity contribution in [2.45, 2.75) is 25.9 Å². The molecule has 1 amide bonds. The fraction of sp³-hybridized carbons (Fsp3) is 0.588. The predicted molar refractivity (Wildman–Crippen MR) is 88.0 cm³/mol. The van der Waals surface area contributed by atoms with Gasteiger partial charge >= 0.3 is 6.18 Å². The summed E-state index contributed by atoms with van der Waals surface area (Å²) in [6, 6.07) is 5.40. The molecule has 0 saturated carbocycles. The Kier molecular flexibility index (Phi) is 6.48. The van der Waals surface area contributed by atoms with Crippen molar-refractivity contribution in [3.05, 3.63) is 29.8 Å². The maximum Gasteiger partial charge on any atom is 0.416 e. The number of nitrogens with one attached hydrogen (secondary N) is 1. The van der Waals surface area contributed by atoms with Gasteiger partial charge in [-0.3, -0.25) is 9.69 Å². The molecule has 1 aliphatic heterocycles. The summed E-state index contributed by atoms with van der Waals surface area (Å²) in [7, 11) is 0. The molecule has 0 aliphatic carbocycles. The molecule has 0 bridgehead atoms. The largest absolute Gasteiger partial charge is 0.416 e. The first-order valence-electron chi connectivity index (χ1n) is 8.31. The van der Waals surface area contributed by atoms with E-state index in [-0.39, 0.29) is 5.91 Å². The van der Waals surface area contributed by atoms with Gasteiger partial charge in [0.2, 0.25) is 5.91 Å². The van der Waals surface area contributed by atoms with Crippen LogP contribution in [0.5, 0.6) is 0 Å². The Morgan fingerprint density at radius 3 is 2.54 bits per heavy atom. The Hall–Kier alpha value is -1.76. The van der Waals surface area contributed by atoms with Crippen LogP contribution < -0.4 is 10.2 Å². The second-order valence-electron chi connectivity index (χ2n) is 6.01. The average molecular weight is 343 g/mol. The predicted octanol–water partition coefficient (Wildman–Crippen LogP) is 2.74. The third-order valence-corrected chi connectivity index (χ3v) is 4.13. The Morgan fingerprint density at radius 1 is 1.21 bits per heavy atom. The first-order valence-corrected chi connectivity index (χ1v) is 8.31. The normalized spacial score (nSPS) is 16.2. The highest BCUT2D eigenvalue weighted by molar-refractivity contribution is 5.78. The molecule has 1 saturated heterocycles. The van der Waals surface area contributed by atoms with Gasteiger partial charge in [0.1, 0.15) is 0 Å². The average Bonchev–Trinajstić information content (AvgIpc) is 2.55. The Morgan fingerprint density at radius 2 is 1.92 bits per heavy atom. The van der Waals surface area contributed by atoms with Crippen molar-refractivity contribution in [1.29, 1.82) is 0 Å². The van der Waals surface area contributed by atoms with E-state index < -0.39 is 11.7 Å². The molecule has 0 radical (unpaired) electrons. The molecule has 24 heavy (non-hydrogen) atoms. The quantitative estimate of drug-likeness (QED) is 0.807. The lowest BCUT2D eigenvalue weighted by Gasteiger charge is -2.36. The van der Waals surface area contributed by atoms with Gasteiger partial charge in [0, 0.05) is 38.4 Å². The van der Waals surface area contributed by atoms with Gasteiger partial charge in [-0.1, -0.05) is 19.4 Å². The van der Waals surface area contributed by atoms with Gasteiger partial charge < -0.3 is 10.2 Å². The molecule has 0 atom stereocenters. The maximum atomic E-state index is 12.8. The molecular formula is C17H24F3N3O. The maximum absolute atomic E-state index is 12.8. The van der Waals surface area contributed by atoms with Crippen LogP contribution in [0.3, 0.4) is 0 Å². The van der Waals surface area contributed by atoms with Gasteiger partial charge in [-0.05, 0) is 24.6 Å². The minimum absolute atomic E-state index is 0.0102. The third kappa shape index (κ3) is 5.40. The molecule has 2 rings (SSSR count). The molecule has 0 spiro atoms. The van der Waals surface area contributed by atoms with Crippen LogP contribution in [0.15, 0.2) is 24.3 Å². The van der Waals surface area contributed by atoms with E-state index in [4.69, 9.17) is 0 Å². The Balaban J connectivity index is 1.83. The van der Waals surface area contributed by atoms with E-state index in [1.54, 1.807) is 6.07 Å². The molecular weight excluding hydrogens is 319 g/mol. The molecule has 0 aromatic heterocycles. The number of nitrogens with zero attached hydrogens (tertiary/aromatic N) is 2. The highest BCUT2D eigenvalue weighted by atomic mass is 19.4. The van der Waals surface area contributed by atoms with E-state index in [1.165, 1.54) is 12.1 Å². The third-order valence-electron chi connectivity index (χ3n) is 4.13. The Labute approximate surface area is 140 Å².